The summed E-state index contributed by atoms with van der Waals surface area (Å²) >= 11 is 5.84. The van der Waals surface area contributed by atoms with Crippen molar-refractivity contribution in [2.45, 2.75) is 150 Å². The normalized spacial score (nSPS) is 12.0. The molecule has 1 aromatic heterocycles. The molecule has 314 valence electrons. The van der Waals surface area contributed by atoms with E-state index in [0.717, 1.165) is 0 Å². The molecule has 0 unspecified atom stereocenters. The van der Waals surface area contributed by atoms with Crippen molar-refractivity contribution in [3.8, 4) is 0 Å². The quantitative estimate of drug-likeness (QED) is 0.0621. The first-order valence-corrected chi connectivity index (χ1v) is 19.7. The van der Waals surface area contributed by atoms with E-state index >= 15 is 0 Å². The van der Waals surface area contributed by atoms with Gasteiger partial charge in [-0.25, -0.2) is 24.2 Å². The van der Waals surface area contributed by atoms with E-state index in [-0.39, 0.29) is 5.78 Å². The van der Waals surface area contributed by atoms with Gasteiger partial charge >= 0.3 is 24.4 Å². The average molecular weight is 798 g/mol. The average Bonchev–Trinajstić information content (AvgIpc) is 3.00. The van der Waals surface area contributed by atoms with Crippen LogP contribution in [0.5, 0.6) is 0 Å². The SMILES string of the molecule is CC(C)(C)OC(=O)NCCCN(CCCCN(CCCN(CCCCC(=O)c1ccc(Cl)nc1)C(=O)OC(C)(C)C)C(=O)OC(C)(C)C)C(=O)OC(C)(C)C. The topological polar surface area (TPSA) is 157 Å². The molecule has 0 radical (unpaired) electrons. The van der Waals surface area contributed by atoms with Gasteiger partial charge in [-0.2, -0.15) is 0 Å². The predicted octanol–water partition coefficient (Wildman–Crippen LogP) is 8.88. The predicted molar refractivity (Wildman–Crippen MR) is 214 cm³/mol. The fraction of sp³-hybridized carbons (Fsp3) is 0.750. The first kappa shape index (κ1) is 49.2. The smallest absolute Gasteiger partial charge is 0.410 e. The van der Waals surface area contributed by atoms with Crippen molar-refractivity contribution in [1.82, 2.24) is 25.0 Å². The lowest BCUT2D eigenvalue weighted by molar-refractivity contribution is 0.0180. The summed E-state index contributed by atoms with van der Waals surface area (Å²) in [7, 11) is 0. The number of ketones is 1. The second-order valence-corrected chi connectivity index (χ2v) is 17.9. The van der Waals surface area contributed by atoms with Gasteiger partial charge < -0.3 is 39.0 Å². The van der Waals surface area contributed by atoms with Crippen molar-refractivity contribution in [2.75, 3.05) is 45.8 Å². The van der Waals surface area contributed by atoms with Crippen LogP contribution in [0.4, 0.5) is 19.2 Å². The number of carbonyl (C=O) groups excluding carboxylic acids is 5. The highest BCUT2D eigenvalue weighted by Crippen LogP contribution is 2.16. The van der Waals surface area contributed by atoms with Crippen LogP contribution < -0.4 is 5.32 Å². The maximum absolute atomic E-state index is 13.3. The summed E-state index contributed by atoms with van der Waals surface area (Å²) in [5, 5.41) is 3.03. The molecule has 0 atom stereocenters. The van der Waals surface area contributed by atoms with Gasteiger partial charge in [-0.15, -0.1) is 0 Å². The van der Waals surface area contributed by atoms with Crippen molar-refractivity contribution in [3.63, 3.8) is 0 Å². The fourth-order valence-corrected chi connectivity index (χ4v) is 5.08. The van der Waals surface area contributed by atoms with Gasteiger partial charge in [0.05, 0.1) is 0 Å². The largest absolute Gasteiger partial charge is 0.444 e. The van der Waals surface area contributed by atoms with Crippen LogP contribution >= 0.6 is 11.6 Å². The molecule has 0 fully saturated rings. The molecule has 0 spiro atoms. The lowest BCUT2D eigenvalue weighted by atomic mass is 10.1. The minimum atomic E-state index is -0.710. The third-order valence-corrected chi connectivity index (χ3v) is 7.55. The van der Waals surface area contributed by atoms with Gasteiger partial charge in [0, 0.05) is 64.0 Å². The molecule has 0 aliphatic carbocycles. The lowest BCUT2D eigenvalue weighted by Crippen LogP contribution is -2.42. The van der Waals surface area contributed by atoms with Crippen LogP contribution in [0.15, 0.2) is 18.3 Å². The Morgan fingerprint density at radius 3 is 1.33 bits per heavy atom. The Morgan fingerprint density at radius 1 is 0.564 bits per heavy atom. The second-order valence-electron chi connectivity index (χ2n) is 17.5. The van der Waals surface area contributed by atoms with Crippen LogP contribution in [0.25, 0.3) is 0 Å². The van der Waals surface area contributed by atoms with Crippen molar-refractivity contribution >= 4 is 41.8 Å². The highest BCUT2D eigenvalue weighted by atomic mass is 35.5. The van der Waals surface area contributed by atoms with E-state index < -0.39 is 46.8 Å². The van der Waals surface area contributed by atoms with Crippen LogP contribution in [0.1, 0.15) is 138 Å². The van der Waals surface area contributed by atoms with E-state index in [1.807, 2.05) is 0 Å². The number of hydrogen-bond donors (Lipinski definition) is 1. The molecule has 0 bridgehead atoms. The third-order valence-electron chi connectivity index (χ3n) is 7.32. The molecule has 55 heavy (non-hydrogen) atoms. The molecule has 1 heterocycles. The second kappa shape index (κ2) is 22.7. The minimum Gasteiger partial charge on any atom is -0.444 e. The molecule has 15 heteroatoms. The molecule has 1 N–H and O–H groups in total. The number of hydrogen-bond acceptors (Lipinski definition) is 10. The van der Waals surface area contributed by atoms with Crippen LogP contribution in [0.2, 0.25) is 5.15 Å². The number of unbranched alkanes of at least 4 members (excludes halogenated alkanes) is 2. The van der Waals surface area contributed by atoms with Crippen molar-refractivity contribution in [3.05, 3.63) is 29.0 Å². The monoisotopic (exact) mass is 797 g/mol. The van der Waals surface area contributed by atoms with E-state index in [4.69, 9.17) is 30.5 Å². The Morgan fingerprint density at radius 2 is 0.945 bits per heavy atom. The Balaban J connectivity index is 2.88. The summed E-state index contributed by atoms with van der Waals surface area (Å²) in [4.78, 5) is 73.0. The van der Waals surface area contributed by atoms with Gasteiger partial charge in [-0.1, -0.05) is 11.6 Å². The number of nitrogens with one attached hydrogen (secondary N) is 1. The van der Waals surface area contributed by atoms with Crippen LogP contribution in [0, 0.1) is 0 Å². The Kier molecular flexibility index (Phi) is 20.3. The molecule has 14 nitrogen and oxygen atoms in total. The number of aromatic nitrogens is 1. The molecule has 0 saturated carbocycles. The van der Waals surface area contributed by atoms with Gasteiger partial charge in [-0.3, -0.25) is 4.79 Å². The molecule has 4 amide bonds. The first-order valence-electron chi connectivity index (χ1n) is 19.3. The number of nitrogens with zero attached hydrogens (tertiary/aromatic N) is 4. The number of carbonyl (C=O) groups is 5. The van der Waals surface area contributed by atoms with Gasteiger partial charge in [0.15, 0.2) is 5.78 Å². The summed E-state index contributed by atoms with van der Waals surface area (Å²) in [6.45, 7) is 24.0. The maximum atomic E-state index is 13.3. The van der Waals surface area contributed by atoms with Gasteiger partial charge in [0.25, 0.3) is 0 Å². The molecular weight excluding hydrogens is 730 g/mol. The van der Waals surface area contributed by atoms with Crippen molar-refractivity contribution < 1.29 is 42.9 Å². The molecular formula is C40H68ClN5O9. The zero-order chi connectivity index (χ0) is 42.0. The standard InChI is InChI=1S/C40H68ClN5O9/c1-37(2,3)52-33(48)42-22-17-26-44(34(49)53-38(4,5)6)24-15-16-25-46(36(51)55-40(10,11)12)28-18-27-45(35(50)54-39(7,8)9)23-14-13-19-31(47)30-20-21-32(41)43-29-30/h20-21,29H,13-19,22-28H2,1-12H3,(H,42,48). The lowest BCUT2D eigenvalue weighted by Gasteiger charge is -2.30. The Bertz CT molecular complexity index is 1360. The fourth-order valence-electron chi connectivity index (χ4n) is 4.97. The molecule has 1 aromatic rings. The summed E-state index contributed by atoms with van der Waals surface area (Å²) in [5.74, 6) is -0.0505. The Labute approximate surface area is 334 Å². The van der Waals surface area contributed by atoms with E-state index in [1.54, 1.807) is 110 Å². The number of amides is 4. The summed E-state index contributed by atoms with van der Waals surface area (Å²) in [5.41, 5.74) is -2.22. The third kappa shape index (κ3) is 24.3. The Hall–Kier alpha value is -3.81. The van der Waals surface area contributed by atoms with Gasteiger partial charge in [0.1, 0.15) is 27.6 Å². The highest BCUT2D eigenvalue weighted by Gasteiger charge is 2.26. The van der Waals surface area contributed by atoms with E-state index in [2.05, 4.69) is 10.3 Å². The van der Waals surface area contributed by atoms with E-state index in [1.165, 1.54) is 6.20 Å². The van der Waals surface area contributed by atoms with Crippen molar-refractivity contribution in [2.24, 2.45) is 0 Å². The number of pyridine rings is 1. The summed E-state index contributed by atoms with van der Waals surface area (Å²) < 4.78 is 22.3. The molecule has 0 aromatic carbocycles. The number of alkyl carbamates (subject to hydrolysis) is 1. The van der Waals surface area contributed by atoms with Gasteiger partial charge in [-0.05, 0) is 134 Å². The number of Topliss-reactive ketones (excluding diaryl/α,β-unsaturated/α-hetero) is 1. The number of ether oxygens (including phenoxy) is 4. The highest BCUT2D eigenvalue weighted by molar-refractivity contribution is 6.29. The molecule has 0 aliphatic heterocycles. The van der Waals surface area contributed by atoms with Gasteiger partial charge in [0.2, 0.25) is 0 Å². The van der Waals surface area contributed by atoms with E-state index in [9.17, 15) is 24.0 Å². The zero-order valence-electron chi connectivity index (χ0n) is 35.5. The van der Waals surface area contributed by atoms with Crippen LogP contribution in [0.3, 0.4) is 0 Å². The van der Waals surface area contributed by atoms with E-state index in [0.29, 0.717) is 101 Å². The summed E-state index contributed by atoms with van der Waals surface area (Å²) in [6, 6.07) is 3.22. The van der Waals surface area contributed by atoms with Crippen LogP contribution in [-0.4, -0.2) is 118 Å². The first-order chi connectivity index (χ1) is 25.2. The zero-order valence-corrected chi connectivity index (χ0v) is 36.2. The number of rotatable bonds is 19. The molecule has 0 aliphatic rings. The van der Waals surface area contributed by atoms with Crippen LogP contribution in [-0.2, 0) is 18.9 Å². The minimum absolute atomic E-state index is 0.0505. The maximum Gasteiger partial charge on any atom is 0.410 e. The van der Waals surface area contributed by atoms with Crippen molar-refractivity contribution in [1.29, 1.82) is 0 Å². The number of halogens is 1. The molecule has 0 saturated heterocycles. The molecule has 1 rings (SSSR count). The summed E-state index contributed by atoms with van der Waals surface area (Å²) in [6.07, 6.45) is 3.08.